The number of carboxylic acid groups (broad SMARTS) is 1. The summed E-state index contributed by atoms with van der Waals surface area (Å²) in [6.07, 6.45) is 0. The molecule has 0 spiro atoms. The van der Waals surface area contributed by atoms with Crippen molar-refractivity contribution in [2.45, 2.75) is 6.04 Å². The van der Waals surface area contributed by atoms with Crippen molar-refractivity contribution in [2.24, 2.45) is 5.73 Å². The number of aliphatic carboxylic acids is 1. The number of carboxylic acids is 1. The van der Waals surface area contributed by atoms with Gasteiger partial charge in [0.15, 0.2) is 0 Å². The Labute approximate surface area is 82.0 Å². The lowest BCUT2D eigenvalue weighted by atomic mass is 10.3. The third-order valence-corrected chi connectivity index (χ3v) is 1.31. The van der Waals surface area contributed by atoms with E-state index in [2.05, 4.69) is 0 Å². The van der Waals surface area contributed by atoms with E-state index in [0.29, 0.717) is 0 Å². The van der Waals surface area contributed by atoms with Crippen molar-refractivity contribution in [3.05, 3.63) is 30.3 Å². The highest BCUT2D eigenvalue weighted by Gasteiger charge is 2.06. The summed E-state index contributed by atoms with van der Waals surface area (Å²) in [5.41, 5.74) is 10.9. The van der Waals surface area contributed by atoms with Crippen LogP contribution in [0.3, 0.4) is 0 Å². The van der Waals surface area contributed by atoms with Crippen molar-refractivity contribution < 1.29 is 15.0 Å². The number of anilines is 1. The minimum atomic E-state index is -1.18. The molecule has 6 N–H and O–H groups in total. The van der Waals surface area contributed by atoms with Gasteiger partial charge in [0.25, 0.3) is 0 Å². The van der Waals surface area contributed by atoms with Crippen molar-refractivity contribution in [3.8, 4) is 0 Å². The number of para-hydroxylation sites is 1. The van der Waals surface area contributed by atoms with Crippen LogP contribution in [0, 0.1) is 0 Å². The third kappa shape index (κ3) is 5.99. The highest BCUT2D eigenvalue weighted by Crippen LogP contribution is 1.95. The van der Waals surface area contributed by atoms with Gasteiger partial charge in [0.1, 0.15) is 6.04 Å². The molecule has 0 saturated heterocycles. The zero-order chi connectivity index (χ0) is 11.0. The molecule has 0 fully saturated rings. The summed E-state index contributed by atoms with van der Waals surface area (Å²) in [5.74, 6) is -1.18. The lowest BCUT2D eigenvalue weighted by molar-refractivity contribution is -0.139. The maximum Gasteiger partial charge on any atom is 0.322 e. The minimum Gasteiger partial charge on any atom is -0.480 e. The molecule has 0 amide bonds. The molecule has 0 unspecified atom stereocenters. The summed E-state index contributed by atoms with van der Waals surface area (Å²) in [6.45, 7) is -0.505. The first kappa shape index (κ1) is 12.4. The average molecular weight is 198 g/mol. The normalized spacial score (nSPS) is 11.0. The van der Waals surface area contributed by atoms with Gasteiger partial charge in [-0.25, -0.2) is 0 Å². The quantitative estimate of drug-likeness (QED) is 0.486. The van der Waals surface area contributed by atoms with Gasteiger partial charge in [0, 0.05) is 5.69 Å². The van der Waals surface area contributed by atoms with Gasteiger partial charge in [0.2, 0.25) is 0 Å². The molecule has 0 radical (unpaired) electrons. The van der Waals surface area contributed by atoms with E-state index in [1.807, 2.05) is 30.3 Å². The Bertz CT molecular complexity index is 264. The molecule has 0 aromatic heterocycles. The number of benzene rings is 1. The van der Waals surface area contributed by atoms with Crippen LogP contribution in [0.4, 0.5) is 5.69 Å². The third-order valence-electron chi connectivity index (χ3n) is 1.31. The van der Waals surface area contributed by atoms with Gasteiger partial charge in [-0.1, -0.05) is 18.2 Å². The fraction of sp³-hybridized carbons (Fsp3) is 0.222. The van der Waals surface area contributed by atoms with Crippen molar-refractivity contribution in [1.29, 1.82) is 0 Å². The molecule has 0 heterocycles. The van der Waals surface area contributed by atoms with Gasteiger partial charge in [-0.3, -0.25) is 4.79 Å². The summed E-state index contributed by atoms with van der Waals surface area (Å²) < 4.78 is 0. The Hall–Kier alpha value is -1.59. The van der Waals surface area contributed by atoms with E-state index < -0.39 is 18.6 Å². The first-order valence-corrected chi connectivity index (χ1v) is 3.97. The van der Waals surface area contributed by atoms with E-state index >= 15 is 0 Å². The molecular formula is C9H14N2O3. The molecule has 0 bridgehead atoms. The van der Waals surface area contributed by atoms with Crippen LogP contribution in [0.25, 0.3) is 0 Å². The average Bonchev–Trinajstić information content (AvgIpc) is 2.18. The van der Waals surface area contributed by atoms with Gasteiger partial charge < -0.3 is 21.7 Å². The first-order chi connectivity index (χ1) is 6.57. The summed E-state index contributed by atoms with van der Waals surface area (Å²) >= 11 is 0. The van der Waals surface area contributed by atoms with Crippen LogP contribution in [0.5, 0.6) is 0 Å². The molecule has 1 rings (SSSR count). The van der Waals surface area contributed by atoms with Crippen molar-refractivity contribution >= 4 is 11.7 Å². The fourth-order valence-electron chi connectivity index (χ4n) is 0.531. The van der Waals surface area contributed by atoms with Gasteiger partial charge in [-0.15, -0.1) is 0 Å². The lowest BCUT2D eigenvalue weighted by Gasteiger charge is -1.96. The monoisotopic (exact) mass is 198 g/mol. The second kappa shape index (κ2) is 6.88. The number of aliphatic hydroxyl groups is 1. The van der Waals surface area contributed by atoms with Gasteiger partial charge >= 0.3 is 5.97 Å². The number of hydrogen-bond acceptors (Lipinski definition) is 4. The number of hydrogen-bond donors (Lipinski definition) is 4. The number of rotatable bonds is 2. The second-order valence-corrected chi connectivity index (χ2v) is 2.54. The largest absolute Gasteiger partial charge is 0.480 e. The summed E-state index contributed by atoms with van der Waals surface area (Å²) in [6, 6.07) is 8.36. The molecule has 78 valence electrons. The summed E-state index contributed by atoms with van der Waals surface area (Å²) in [7, 11) is 0. The highest BCUT2D eigenvalue weighted by atomic mass is 16.4. The van der Waals surface area contributed by atoms with E-state index in [9.17, 15) is 4.79 Å². The molecule has 1 aromatic carbocycles. The molecule has 0 aliphatic heterocycles. The molecular weight excluding hydrogens is 184 g/mol. The second-order valence-electron chi connectivity index (χ2n) is 2.54. The van der Waals surface area contributed by atoms with Crippen molar-refractivity contribution in [3.63, 3.8) is 0 Å². The van der Waals surface area contributed by atoms with Crippen LogP contribution in [0.2, 0.25) is 0 Å². The number of nitrogens with two attached hydrogens (primary N) is 2. The predicted octanol–water partition coefficient (Wildman–Crippen LogP) is -0.341. The van der Waals surface area contributed by atoms with Crippen molar-refractivity contribution in [1.82, 2.24) is 0 Å². The van der Waals surface area contributed by atoms with Crippen LogP contribution < -0.4 is 11.5 Å². The maximum atomic E-state index is 9.65. The lowest BCUT2D eigenvalue weighted by Crippen LogP contribution is -2.33. The summed E-state index contributed by atoms with van der Waals surface area (Å²) in [4.78, 5) is 9.65. The van der Waals surface area contributed by atoms with Crippen LogP contribution in [0.15, 0.2) is 30.3 Å². The van der Waals surface area contributed by atoms with Crippen LogP contribution >= 0.6 is 0 Å². The SMILES string of the molecule is N[C@@H](CO)C(=O)O.Nc1ccccc1. The Balaban J connectivity index is 0.000000241. The molecule has 5 nitrogen and oxygen atoms in total. The fourth-order valence-corrected chi connectivity index (χ4v) is 0.531. The number of nitrogen functional groups attached to an aromatic ring is 1. The van der Waals surface area contributed by atoms with Gasteiger partial charge in [-0.2, -0.15) is 0 Å². The zero-order valence-electron chi connectivity index (χ0n) is 7.63. The minimum absolute atomic E-state index is 0.505. The Morgan fingerprint density at radius 3 is 2.00 bits per heavy atom. The van der Waals surface area contributed by atoms with Gasteiger partial charge in [0.05, 0.1) is 6.61 Å². The van der Waals surface area contributed by atoms with Crippen LogP contribution in [-0.4, -0.2) is 28.8 Å². The first-order valence-electron chi connectivity index (χ1n) is 3.97. The standard InChI is InChI=1S/C6H7N.C3H7NO3/c7-6-4-2-1-3-5-6;4-2(1-5)3(6)7/h1-5H,7H2;2,5H,1,4H2,(H,6,7)/t;2-/m.0/s1. The van der Waals surface area contributed by atoms with E-state index in [1.165, 1.54) is 0 Å². The molecule has 14 heavy (non-hydrogen) atoms. The maximum absolute atomic E-state index is 9.65. The topological polar surface area (TPSA) is 110 Å². The van der Waals surface area contributed by atoms with Gasteiger partial charge in [-0.05, 0) is 12.1 Å². The number of aliphatic hydroxyl groups excluding tert-OH is 1. The van der Waals surface area contributed by atoms with E-state index in [1.54, 1.807) is 0 Å². The molecule has 5 heteroatoms. The molecule has 1 atom stereocenters. The van der Waals surface area contributed by atoms with Crippen LogP contribution in [0.1, 0.15) is 0 Å². The van der Waals surface area contributed by atoms with E-state index in [0.717, 1.165) is 5.69 Å². The summed E-state index contributed by atoms with van der Waals surface area (Å²) in [5, 5.41) is 15.9. The Morgan fingerprint density at radius 1 is 1.36 bits per heavy atom. The Kier molecular flexibility index (Phi) is 6.09. The molecule has 0 aliphatic rings. The molecule has 0 saturated carbocycles. The van der Waals surface area contributed by atoms with E-state index in [-0.39, 0.29) is 0 Å². The Morgan fingerprint density at radius 2 is 1.86 bits per heavy atom. The zero-order valence-corrected chi connectivity index (χ0v) is 7.63. The molecule has 1 aromatic rings. The number of carbonyl (C=O) groups is 1. The molecule has 0 aliphatic carbocycles. The van der Waals surface area contributed by atoms with E-state index in [4.69, 9.17) is 21.7 Å². The van der Waals surface area contributed by atoms with Crippen molar-refractivity contribution in [2.75, 3.05) is 12.3 Å². The predicted molar refractivity (Wildman–Crippen MR) is 53.6 cm³/mol. The highest BCUT2D eigenvalue weighted by molar-refractivity contribution is 5.73. The smallest absolute Gasteiger partial charge is 0.322 e. The van der Waals surface area contributed by atoms with Crippen LogP contribution in [-0.2, 0) is 4.79 Å².